The summed E-state index contributed by atoms with van der Waals surface area (Å²) >= 11 is 6.00. The van der Waals surface area contributed by atoms with Gasteiger partial charge in [-0.1, -0.05) is 30.7 Å². The summed E-state index contributed by atoms with van der Waals surface area (Å²) in [7, 11) is 1.61. The number of nitrogens with zero attached hydrogens (tertiary/aromatic N) is 1. The Kier molecular flexibility index (Phi) is 6.44. The third kappa shape index (κ3) is 5.58. The van der Waals surface area contributed by atoms with Gasteiger partial charge in [0.1, 0.15) is 5.75 Å². The number of hydrogen-bond donors (Lipinski definition) is 1. The molecule has 0 atom stereocenters. The fraction of sp³-hybridized carbons (Fsp3) is 0.278. The number of ether oxygens (including phenoxy) is 1. The Labute approximate surface area is 142 Å². The minimum Gasteiger partial charge on any atom is -0.497 e. The van der Waals surface area contributed by atoms with Gasteiger partial charge in [0, 0.05) is 17.3 Å². The zero-order chi connectivity index (χ0) is 16.7. The van der Waals surface area contributed by atoms with Gasteiger partial charge in [0.15, 0.2) is 0 Å². The van der Waals surface area contributed by atoms with E-state index in [-0.39, 0.29) is 5.91 Å². The minimum absolute atomic E-state index is 0.0426. The highest BCUT2D eigenvalue weighted by molar-refractivity contribution is 6.30. The molecular weight excluding hydrogens is 312 g/mol. The van der Waals surface area contributed by atoms with Crippen molar-refractivity contribution < 1.29 is 9.53 Å². The van der Waals surface area contributed by atoms with Crippen molar-refractivity contribution in [2.45, 2.75) is 13.5 Å². The maximum atomic E-state index is 12.2. The van der Waals surface area contributed by atoms with Gasteiger partial charge in [-0.15, -0.1) is 0 Å². The number of methoxy groups -OCH3 is 1. The second-order valence-electron chi connectivity index (χ2n) is 5.21. The van der Waals surface area contributed by atoms with Gasteiger partial charge in [0.2, 0.25) is 5.91 Å². The topological polar surface area (TPSA) is 41.6 Å². The summed E-state index contributed by atoms with van der Waals surface area (Å²) in [6.45, 7) is 3.83. The zero-order valence-corrected chi connectivity index (χ0v) is 14.1. The fourth-order valence-corrected chi connectivity index (χ4v) is 2.46. The van der Waals surface area contributed by atoms with Gasteiger partial charge < -0.3 is 10.1 Å². The first-order valence-corrected chi connectivity index (χ1v) is 7.89. The van der Waals surface area contributed by atoms with Crippen molar-refractivity contribution in [2.75, 3.05) is 25.5 Å². The first-order chi connectivity index (χ1) is 11.1. The summed E-state index contributed by atoms with van der Waals surface area (Å²) in [5.74, 6) is 0.721. The predicted molar refractivity (Wildman–Crippen MR) is 94.0 cm³/mol. The highest BCUT2D eigenvalue weighted by atomic mass is 35.5. The standard InChI is InChI=1S/C18H21ClN2O2/c1-3-21(12-14-5-4-6-15(19)11-14)13-18(22)20-16-7-9-17(23-2)10-8-16/h4-11H,3,12-13H2,1-2H3,(H,20,22). The lowest BCUT2D eigenvalue weighted by atomic mass is 10.2. The molecule has 0 aromatic heterocycles. The minimum atomic E-state index is -0.0426. The van der Waals surface area contributed by atoms with Crippen LogP contribution in [0.25, 0.3) is 0 Å². The number of carbonyl (C=O) groups excluding carboxylic acids is 1. The molecule has 122 valence electrons. The van der Waals surface area contributed by atoms with Crippen molar-refractivity contribution in [2.24, 2.45) is 0 Å². The van der Waals surface area contributed by atoms with Crippen LogP contribution >= 0.6 is 11.6 Å². The summed E-state index contributed by atoms with van der Waals surface area (Å²) in [4.78, 5) is 14.2. The number of nitrogens with one attached hydrogen (secondary N) is 1. The first kappa shape index (κ1) is 17.3. The Bertz CT molecular complexity index is 644. The highest BCUT2D eigenvalue weighted by Crippen LogP contribution is 2.15. The highest BCUT2D eigenvalue weighted by Gasteiger charge is 2.10. The Hall–Kier alpha value is -2.04. The number of hydrogen-bond acceptors (Lipinski definition) is 3. The molecule has 0 radical (unpaired) electrons. The van der Waals surface area contributed by atoms with E-state index in [2.05, 4.69) is 10.2 Å². The second kappa shape index (κ2) is 8.56. The molecule has 23 heavy (non-hydrogen) atoms. The molecule has 0 saturated carbocycles. The molecule has 0 saturated heterocycles. The van der Waals surface area contributed by atoms with E-state index in [0.717, 1.165) is 23.5 Å². The largest absolute Gasteiger partial charge is 0.497 e. The van der Waals surface area contributed by atoms with Crippen molar-refractivity contribution in [1.29, 1.82) is 0 Å². The molecule has 0 spiro atoms. The van der Waals surface area contributed by atoms with Crippen LogP contribution in [0.1, 0.15) is 12.5 Å². The molecule has 0 aliphatic rings. The van der Waals surface area contributed by atoms with Crippen molar-refractivity contribution in [3.05, 3.63) is 59.1 Å². The number of halogens is 1. The van der Waals surface area contributed by atoms with Crippen LogP contribution in [0.5, 0.6) is 5.75 Å². The van der Waals surface area contributed by atoms with Crippen molar-refractivity contribution in [3.8, 4) is 5.75 Å². The fourth-order valence-electron chi connectivity index (χ4n) is 2.25. The number of carbonyl (C=O) groups is 1. The van der Waals surface area contributed by atoms with Gasteiger partial charge in [-0.05, 0) is 48.5 Å². The van der Waals surface area contributed by atoms with Gasteiger partial charge in [0.25, 0.3) is 0 Å². The lowest BCUT2D eigenvalue weighted by Gasteiger charge is -2.20. The first-order valence-electron chi connectivity index (χ1n) is 7.51. The van der Waals surface area contributed by atoms with E-state index in [9.17, 15) is 4.79 Å². The summed E-state index contributed by atoms with van der Waals surface area (Å²) < 4.78 is 5.10. The van der Waals surface area contributed by atoms with E-state index in [1.807, 2.05) is 55.5 Å². The number of benzene rings is 2. The molecule has 5 heteroatoms. The average molecular weight is 333 g/mol. The molecule has 2 rings (SSSR count). The molecular formula is C18H21ClN2O2. The number of rotatable bonds is 7. The molecule has 2 aromatic rings. The molecule has 4 nitrogen and oxygen atoms in total. The van der Waals surface area contributed by atoms with E-state index in [1.54, 1.807) is 7.11 Å². The molecule has 2 aromatic carbocycles. The summed E-state index contributed by atoms with van der Waals surface area (Å²) in [5.41, 5.74) is 1.85. The van der Waals surface area contributed by atoms with E-state index in [0.29, 0.717) is 18.1 Å². The normalized spacial score (nSPS) is 10.6. The third-order valence-corrected chi connectivity index (χ3v) is 3.72. The van der Waals surface area contributed by atoms with E-state index >= 15 is 0 Å². The molecule has 0 unspecified atom stereocenters. The quantitative estimate of drug-likeness (QED) is 0.838. The molecule has 0 bridgehead atoms. The Morgan fingerprint density at radius 1 is 1.22 bits per heavy atom. The van der Waals surface area contributed by atoms with Crippen LogP contribution in [-0.2, 0) is 11.3 Å². The average Bonchev–Trinajstić information content (AvgIpc) is 2.55. The maximum Gasteiger partial charge on any atom is 0.238 e. The Morgan fingerprint density at radius 2 is 1.96 bits per heavy atom. The molecule has 0 heterocycles. The number of anilines is 1. The predicted octanol–water partition coefficient (Wildman–Crippen LogP) is 3.81. The molecule has 0 fully saturated rings. The molecule has 0 aliphatic carbocycles. The smallest absolute Gasteiger partial charge is 0.238 e. The van der Waals surface area contributed by atoms with Crippen LogP contribution in [0, 0.1) is 0 Å². The molecule has 1 N–H and O–H groups in total. The van der Waals surface area contributed by atoms with Crippen LogP contribution < -0.4 is 10.1 Å². The Morgan fingerprint density at radius 3 is 2.57 bits per heavy atom. The summed E-state index contributed by atoms with van der Waals surface area (Å²) in [6, 6.07) is 15.0. The van der Waals surface area contributed by atoms with Gasteiger partial charge in [0.05, 0.1) is 13.7 Å². The van der Waals surface area contributed by atoms with Crippen molar-refractivity contribution in [3.63, 3.8) is 0 Å². The van der Waals surface area contributed by atoms with Crippen LogP contribution in [0.2, 0.25) is 5.02 Å². The van der Waals surface area contributed by atoms with Gasteiger partial charge in [-0.3, -0.25) is 9.69 Å². The van der Waals surface area contributed by atoms with E-state index in [1.165, 1.54) is 0 Å². The summed E-state index contributed by atoms with van der Waals surface area (Å²) in [5, 5.41) is 3.60. The maximum absolute atomic E-state index is 12.2. The third-order valence-electron chi connectivity index (χ3n) is 3.48. The van der Waals surface area contributed by atoms with E-state index < -0.39 is 0 Å². The molecule has 1 amide bonds. The van der Waals surface area contributed by atoms with Gasteiger partial charge >= 0.3 is 0 Å². The van der Waals surface area contributed by atoms with Gasteiger partial charge in [-0.25, -0.2) is 0 Å². The molecule has 0 aliphatic heterocycles. The van der Waals surface area contributed by atoms with Crippen LogP contribution in [0.15, 0.2) is 48.5 Å². The SMILES string of the molecule is CCN(CC(=O)Nc1ccc(OC)cc1)Cc1cccc(Cl)c1. The summed E-state index contributed by atoms with van der Waals surface area (Å²) in [6.07, 6.45) is 0. The zero-order valence-electron chi connectivity index (χ0n) is 13.4. The Balaban J connectivity index is 1.91. The second-order valence-corrected chi connectivity index (χ2v) is 5.65. The van der Waals surface area contributed by atoms with Gasteiger partial charge in [-0.2, -0.15) is 0 Å². The lowest BCUT2D eigenvalue weighted by Crippen LogP contribution is -2.32. The van der Waals surface area contributed by atoms with Crippen molar-refractivity contribution >= 4 is 23.2 Å². The number of amides is 1. The monoisotopic (exact) mass is 332 g/mol. The van der Waals surface area contributed by atoms with Crippen LogP contribution in [-0.4, -0.2) is 31.0 Å². The van der Waals surface area contributed by atoms with E-state index in [4.69, 9.17) is 16.3 Å². The van der Waals surface area contributed by atoms with Crippen molar-refractivity contribution in [1.82, 2.24) is 4.90 Å². The number of likely N-dealkylation sites (N-methyl/N-ethyl adjacent to an activating group) is 1. The lowest BCUT2D eigenvalue weighted by molar-refractivity contribution is -0.117. The van der Waals surface area contributed by atoms with Crippen LogP contribution in [0.3, 0.4) is 0 Å². The van der Waals surface area contributed by atoms with Crippen LogP contribution in [0.4, 0.5) is 5.69 Å².